The zero-order valence-electron chi connectivity index (χ0n) is 14.5. The van der Waals surface area contributed by atoms with Crippen molar-refractivity contribution in [2.45, 2.75) is 64.0 Å². The van der Waals surface area contributed by atoms with Crippen LogP contribution < -0.4 is 5.73 Å². The van der Waals surface area contributed by atoms with Gasteiger partial charge >= 0.3 is 0 Å². The van der Waals surface area contributed by atoms with Gasteiger partial charge in [-0.1, -0.05) is 19.9 Å². The Morgan fingerprint density at radius 2 is 2.13 bits per heavy atom. The third-order valence-electron chi connectivity index (χ3n) is 7.16. The first-order valence-corrected chi connectivity index (χ1v) is 9.11. The summed E-state index contributed by atoms with van der Waals surface area (Å²) in [5, 5.41) is 0. The van der Waals surface area contributed by atoms with E-state index < -0.39 is 0 Å². The lowest BCUT2D eigenvalue weighted by molar-refractivity contribution is 0.000499. The Morgan fingerprint density at radius 1 is 1.39 bits per heavy atom. The monoisotopic (exact) mass is 312 g/mol. The van der Waals surface area contributed by atoms with Crippen LogP contribution in [0.4, 0.5) is 0 Å². The van der Waals surface area contributed by atoms with E-state index >= 15 is 0 Å². The molecule has 3 heteroatoms. The molecular formula is C20H28N2O. The van der Waals surface area contributed by atoms with Crippen LogP contribution in [0.2, 0.25) is 0 Å². The van der Waals surface area contributed by atoms with E-state index in [0.29, 0.717) is 17.5 Å². The van der Waals surface area contributed by atoms with Crippen molar-refractivity contribution in [3.8, 4) is 0 Å². The molecule has 1 aromatic carbocycles. The van der Waals surface area contributed by atoms with Gasteiger partial charge in [-0.2, -0.15) is 0 Å². The summed E-state index contributed by atoms with van der Waals surface area (Å²) in [5.74, 6) is 1.23. The fourth-order valence-corrected chi connectivity index (χ4v) is 5.16. The number of primary amides is 1. The van der Waals surface area contributed by atoms with Crippen molar-refractivity contribution in [3.63, 3.8) is 0 Å². The van der Waals surface area contributed by atoms with Crippen LogP contribution in [0.15, 0.2) is 18.2 Å². The van der Waals surface area contributed by atoms with E-state index in [9.17, 15) is 4.79 Å². The first-order chi connectivity index (χ1) is 10.9. The van der Waals surface area contributed by atoms with E-state index in [4.69, 9.17) is 5.73 Å². The largest absolute Gasteiger partial charge is 0.366 e. The molecule has 2 N–H and O–H groups in total. The minimum atomic E-state index is -0.314. The number of carbonyl (C=O) groups is 1. The number of likely N-dealkylation sites (tertiary alicyclic amines) is 1. The van der Waals surface area contributed by atoms with Crippen molar-refractivity contribution in [2.75, 3.05) is 6.54 Å². The van der Waals surface area contributed by atoms with Crippen LogP contribution in [-0.2, 0) is 11.8 Å². The van der Waals surface area contributed by atoms with Gasteiger partial charge < -0.3 is 5.73 Å². The first kappa shape index (κ1) is 15.2. The molecule has 1 aliphatic heterocycles. The maximum atomic E-state index is 11.6. The second kappa shape index (κ2) is 5.07. The number of rotatable bonds is 3. The minimum absolute atomic E-state index is 0.170. The molecule has 1 aromatic rings. The van der Waals surface area contributed by atoms with Gasteiger partial charge in [0.05, 0.1) is 0 Å². The molecule has 124 valence electrons. The minimum Gasteiger partial charge on any atom is -0.366 e. The van der Waals surface area contributed by atoms with Gasteiger partial charge in [-0.3, -0.25) is 9.69 Å². The third-order valence-corrected chi connectivity index (χ3v) is 7.16. The Morgan fingerprint density at radius 3 is 2.78 bits per heavy atom. The summed E-state index contributed by atoms with van der Waals surface area (Å²) >= 11 is 0. The second-order valence-electron chi connectivity index (χ2n) is 8.28. The lowest BCUT2D eigenvalue weighted by Crippen LogP contribution is -2.60. The predicted molar refractivity (Wildman–Crippen MR) is 92.5 cm³/mol. The number of benzene rings is 1. The van der Waals surface area contributed by atoms with Crippen molar-refractivity contribution in [1.29, 1.82) is 0 Å². The van der Waals surface area contributed by atoms with Gasteiger partial charge in [0.15, 0.2) is 0 Å². The van der Waals surface area contributed by atoms with Crippen LogP contribution >= 0.6 is 0 Å². The molecule has 23 heavy (non-hydrogen) atoms. The Labute approximate surface area is 139 Å². The molecule has 2 fully saturated rings. The molecule has 4 rings (SSSR count). The molecule has 0 radical (unpaired) electrons. The predicted octanol–water partition coefficient (Wildman–Crippen LogP) is 3.11. The molecular weight excluding hydrogens is 284 g/mol. The van der Waals surface area contributed by atoms with Gasteiger partial charge in [0.1, 0.15) is 0 Å². The summed E-state index contributed by atoms with van der Waals surface area (Å²) in [7, 11) is 0. The van der Waals surface area contributed by atoms with E-state index in [2.05, 4.69) is 37.8 Å². The second-order valence-corrected chi connectivity index (χ2v) is 8.28. The van der Waals surface area contributed by atoms with Crippen molar-refractivity contribution in [1.82, 2.24) is 4.90 Å². The van der Waals surface area contributed by atoms with Crippen molar-refractivity contribution < 1.29 is 4.79 Å². The topological polar surface area (TPSA) is 46.3 Å². The van der Waals surface area contributed by atoms with Gasteiger partial charge in [-0.25, -0.2) is 0 Å². The van der Waals surface area contributed by atoms with Gasteiger partial charge in [0.2, 0.25) is 5.91 Å². The molecule has 4 atom stereocenters. The molecule has 3 aliphatic rings. The van der Waals surface area contributed by atoms with Crippen LogP contribution in [0, 0.1) is 11.8 Å². The number of amides is 1. The van der Waals surface area contributed by atoms with Crippen molar-refractivity contribution in [2.24, 2.45) is 17.6 Å². The zero-order valence-corrected chi connectivity index (χ0v) is 14.5. The Bertz CT molecular complexity index is 651. The van der Waals surface area contributed by atoms with E-state index in [1.165, 1.54) is 36.9 Å². The highest BCUT2D eigenvalue weighted by Gasteiger charge is 2.50. The van der Waals surface area contributed by atoms with Crippen LogP contribution in [-0.4, -0.2) is 29.4 Å². The van der Waals surface area contributed by atoms with Gasteiger partial charge in [-0.05, 0) is 79.7 Å². The summed E-state index contributed by atoms with van der Waals surface area (Å²) in [6.07, 6.45) is 5.11. The molecule has 0 spiro atoms. The molecule has 1 saturated heterocycles. The third kappa shape index (κ3) is 2.24. The number of piperidine rings is 1. The summed E-state index contributed by atoms with van der Waals surface area (Å²) in [4.78, 5) is 14.4. The average Bonchev–Trinajstić information content (AvgIpc) is 3.34. The van der Waals surface area contributed by atoms with Crippen molar-refractivity contribution >= 4 is 5.91 Å². The van der Waals surface area contributed by atoms with E-state index in [1.54, 1.807) is 0 Å². The fraction of sp³-hybridized carbons (Fsp3) is 0.650. The Kier molecular flexibility index (Phi) is 3.35. The maximum absolute atomic E-state index is 11.6. The van der Waals surface area contributed by atoms with Gasteiger partial charge in [0, 0.05) is 17.6 Å². The maximum Gasteiger partial charge on any atom is 0.248 e. The van der Waals surface area contributed by atoms with Gasteiger partial charge in [-0.15, -0.1) is 0 Å². The van der Waals surface area contributed by atoms with Crippen LogP contribution in [0.5, 0.6) is 0 Å². The number of nitrogens with zero attached hydrogens (tertiary/aromatic N) is 1. The number of nitrogens with two attached hydrogens (primary N) is 1. The zero-order chi connectivity index (χ0) is 16.4. The lowest BCUT2D eigenvalue weighted by atomic mass is 9.58. The highest BCUT2D eigenvalue weighted by Crippen LogP contribution is 2.50. The van der Waals surface area contributed by atoms with Crippen LogP contribution in [0.25, 0.3) is 0 Å². The SMILES string of the molecule is C[C@H](C1CC1)N1CC[C@@]2(C)c3cc(C(N)=O)ccc3C[C@@H]1[C@@H]2C. The molecule has 0 aromatic heterocycles. The summed E-state index contributed by atoms with van der Waals surface area (Å²) < 4.78 is 0. The number of carbonyl (C=O) groups excluding carboxylic acids is 1. The standard InChI is InChI=1S/C20H28N2O/c1-12-18-11-15-6-7-16(19(21)23)10-17(15)20(12,3)8-9-22(18)13(2)14-4-5-14/h6-7,10,12-14,18H,4-5,8-9,11H2,1-3H3,(H2,21,23)/t12-,13+,18+,20+/m0/s1. The van der Waals surface area contributed by atoms with E-state index in [1.807, 2.05) is 6.07 Å². The molecule has 0 unspecified atom stereocenters. The van der Waals surface area contributed by atoms with Gasteiger partial charge in [0.25, 0.3) is 0 Å². The Hall–Kier alpha value is -1.35. The number of fused-ring (bicyclic) bond motifs is 4. The van der Waals surface area contributed by atoms with E-state index in [0.717, 1.165) is 18.4 Å². The molecule has 2 aliphatic carbocycles. The number of hydrogen-bond donors (Lipinski definition) is 1. The van der Waals surface area contributed by atoms with Crippen LogP contribution in [0.1, 0.15) is 61.5 Å². The van der Waals surface area contributed by atoms with Crippen molar-refractivity contribution in [3.05, 3.63) is 34.9 Å². The van der Waals surface area contributed by atoms with Crippen LogP contribution in [0.3, 0.4) is 0 Å². The average molecular weight is 312 g/mol. The summed E-state index contributed by atoms with van der Waals surface area (Å²) in [5.41, 5.74) is 9.13. The number of hydrogen-bond acceptors (Lipinski definition) is 2. The smallest absolute Gasteiger partial charge is 0.248 e. The quantitative estimate of drug-likeness (QED) is 0.932. The highest BCUT2D eigenvalue weighted by atomic mass is 16.1. The molecule has 3 nitrogen and oxygen atoms in total. The summed E-state index contributed by atoms with van der Waals surface area (Å²) in [6, 6.07) is 7.49. The molecule has 1 amide bonds. The highest BCUT2D eigenvalue weighted by molar-refractivity contribution is 5.93. The summed E-state index contributed by atoms with van der Waals surface area (Å²) in [6.45, 7) is 8.42. The fourth-order valence-electron chi connectivity index (χ4n) is 5.16. The first-order valence-electron chi connectivity index (χ1n) is 9.11. The lowest BCUT2D eigenvalue weighted by Gasteiger charge is -2.56. The molecule has 1 heterocycles. The Balaban J connectivity index is 1.73. The van der Waals surface area contributed by atoms with E-state index in [-0.39, 0.29) is 11.3 Å². The molecule has 2 bridgehead atoms. The normalized spacial score (nSPS) is 34.7. The molecule has 1 saturated carbocycles.